The Morgan fingerprint density at radius 1 is 1.20 bits per heavy atom. The number of amides is 1. The van der Waals surface area contributed by atoms with Crippen molar-refractivity contribution in [2.45, 2.75) is 13.0 Å². The molecule has 158 valence electrons. The van der Waals surface area contributed by atoms with Crippen molar-refractivity contribution in [2.24, 2.45) is 10.9 Å². The summed E-state index contributed by atoms with van der Waals surface area (Å²) in [6, 6.07) is 9.24. The number of ether oxygens (including phenoxy) is 1. The molecule has 0 saturated carbocycles. The van der Waals surface area contributed by atoms with Gasteiger partial charge in [0.15, 0.2) is 5.92 Å². The molecule has 2 atom stereocenters. The summed E-state index contributed by atoms with van der Waals surface area (Å²) >= 11 is 0. The normalized spacial score (nSPS) is 21.8. The zero-order chi connectivity index (χ0) is 21.1. The molecule has 1 aromatic carbocycles. The van der Waals surface area contributed by atoms with Gasteiger partial charge in [-0.1, -0.05) is 12.1 Å². The Morgan fingerprint density at radius 3 is 2.60 bits per heavy atom. The van der Waals surface area contributed by atoms with Crippen molar-refractivity contribution in [2.75, 3.05) is 37.7 Å². The van der Waals surface area contributed by atoms with Crippen molar-refractivity contribution in [1.29, 1.82) is 0 Å². The Morgan fingerprint density at radius 2 is 1.93 bits per heavy atom. The second-order valence-corrected chi connectivity index (χ2v) is 7.06. The highest BCUT2D eigenvalue weighted by molar-refractivity contribution is 6.08. The van der Waals surface area contributed by atoms with Crippen LogP contribution in [-0.2, 0) is 14.3 Å². The Bertz CT molecular complexity index is 938. The van der Waals surface area contributed by atoms with Gasteiger partial charge in [-0.3, -0.25) is 14.9 Å². The molecule has 2 aromatic rings. The minimum atomic E-state index is -1.11. The Labute approximate surface area is 173 Å². The van der Waals surface area contributed by atoms with E-state index in [1.54, 1.807) is 37.3 Å². The highest BCUT2D eigenvalue weighted by Crippen LogP contribution is 2.31. The van der Waals surface area contributed by atoms with Gasteiger partial charge < -0.3 is 19.0 Å². The largest absolute Gasteiger partial charge is 0.467 e. The molecule has 9 heteroatoms. The van der Waals surface area contributed by atoms with E-state index in [4.69, 9.17) is 9.15 Å². The quantitative estimate of drug-likeness (QED) is 0.608. The number of guanidine groups is 1. The van der Waals surface area contributed by atoms with Crippen molar-refractivity contribution in [1.82, 2.24) is 10.2 Å². The number of para-hydroxylation sites is 1. The first-order valence-electron chi connectivity index (χ1n) is 9.91. The third kappa shape index (κ3) is 3.87. The number of aliphatic imine (C=N–C) groups is 1. The van der Waals surface area contributed by atoms with Crippen LogP contribution in [0.4, 0.5) is 10.1 Å². The molecular weight excluding hydrogens is 391 g/mol. The van der Waals surface area contributed by atoms with E-state index >= 15 is 0 Å². The molecule has 0 bridgehead atoms. The van der Waals surface area contributed by atoms with Gasteiger partial charge in [-0.2, -0.15) is 0 Å². The number of nitrogens with zero attached hydrogens (tertiary/aromatic N) is 3. The molecule has 1 amide bonds. The molecule has 1 fully saturated rings. The minimum absolute atomic E-state index is 0.169. The Balaban J connectivity index is 1.53. The molecule has 1 saturated heterocycles. The molecule has 8 nitrogen and oxygen atoms in total. The van der Waals surface area contributed by atoms with Gasteiger partial charge in [-0.25, -0.2) is 9.38 Å². The maximum atomic E-state index is 14.1. The van der Waals surface area contributed by atoms with Crippen LogP contribution in [0.3, 0.4) is 0 Å². The highest BCUT2D eigenvalue weighted by Gasteiger charge is 2.43. The fraction of sp³-hybridized carbons (Fsp3) is 0.381. The molecule has 0 radical (unpaired) electrons. The molecule has 0 aliphatic carbocycles. The molecule has 1 N–H and O–H groups in total. The van der Waals surface area contributed by atoms with Crippen LogP contribution >= 0.6 is 0 Å². The predicted octanol–water partition coefficient (Wildman–Crippen LogP) is 1.95. The summed E-state index contributed by atoms with van der Waals surface area (Å²) < 4.78 is 24.6. The number of rotatable bonds is 4. The zero-order valence-corrected chi connectivity index (χ0v) is 16.6. The number of carbonyl (C=O) groups excluding carboxylic acids is 2. The lowest BCUT2D eigenvalue weighted by molar-refractivity contribution is -0.153. The van der Waals surface area contributed by atoms with E-state index in [2.05, 4.69) is 10.3 Å². The van der Waals surface area contributed by atoms with Crippen molar-refractivity contribution < 1.29 is 23.1 Å². The van der Waals surface area contributed by atoms with Gasteiger partial charge in [0.25, 0.3) is 0 Å². The molecule has 0 unspecified atom stereocenters. The van der Waals surface area contributed by atoms with Crippen LogP contribution < -0.4 is 10.2 Å². The van der Waals surface area contributed by atoms with E-state index in [0.29, 0.717) is 43.6 Å². The van der Waals surface area contributed by atoms with Crippen LogP contribution in [0.1, 0.15) is 18.7 Å². The van der Waals surface area contributed by atoms with E-state index in [1.165, 1.54) is 12.3 Å². The van der Waals surface area contributed by atoms with Crippen molar-refractivity contribution in [3.05, 3.63) is 54.2 Å². The molecule has 0 spiro atoms. The van der Waals surface area contributed by atoms with Gasteiger partial charge >= 0.3 is 5.97 Å². The van der Waals surface area contributed by atoms with Gasteiger partial charge in [0.1, 0.15) is 17.6 Å². The van der Waals surface area contributed by atoms with Gasteiger partial charge in [-0.05, 0) is 31.2 Å². The maximum absolute atomic E-state index is 14.1. The monoisotopic (exact) mass is 414 g/mol. The summed E-state index contributed by atoms with van der Waals surface area (Å²) in [5, 5.41) is 2.74. The van der Waals surface area contributed by atoms with Crippen LogP contribution in [0, 0.1) is 11.7 Å². The number of furan rings is 1. The Kier molecular flexibility index (Phi) is 5.69. The summed E-state index contributed by atoms with van der Waals surface area (Å²) in [4.78, 5) is 33.7. The summed E-state index contributed by atoms with van der Waals surface area (Å²) in [6.07, 6.45) is 1.48. The molecular formula is C21H23FN4O4. The van der Waals surface area contributed by atoms with Gasteiger partial charge in [-0.15, -0.1) is 0 Å². The first-order valence-corrected chi connectivity index (χ1v) is 9.91. The molecule has 4 rings (SSSR count). The van der Waals surface area contributed by atoms with E-state index in [0.717, 1.165) is 0 Å². The smallest absolute Gasteiger partial charge is 0.321 e. The summed E-state index contributed by atoms with van der Waals surface area (Å²) in [5.74, 6) is -1.68. The van der Waals surface area contributed by atoms with Gasteiger partial charge in [0.05, 0.1) is 18.6 Å². The van der Waals surface area contributed by atoms with Gasteiger partial charge in [0, 0.05) is 26.2 Å². The summed E-state index contributed by atoms with van der Waals surface area (Å²) in [5.41, 5.74) is 0.558. The fourth-order valence-electron chi connectivity index (χ4n) is 3.75. The molecule has 2 aliphatic heterocycles. The van der Waals surface area contributed by atoms with Crippen LogP contribution in [0.5, 0.6) is 0 Å². The van der Waals surface area contributed by atoms with Gasteiger partial charge in [0.2, 0.25) is 11.9 Å². The SMILES string of the molecule is CCOC(=O)[C@H]1C(=O)NC(N2CCN(c3ccccc3F)CC2)=N[C@H]1c1ccco1. The minimum Gasteiger partial charge on any atom is -0.467 e. The van der Waals surface area contributed by atoms with Crippen molar-refractivity contribution >= 4 is 23.5 Å². The number of anilines is 1. The predicted molar refractivity (Wildman–Crippen MR) is 107 cm³/mol. The van der Waals surface area contributed by atoms with E-state index in [-0.39, 0.29) is 12.4 Å². The van der Waals surface area contributed by atoms with Crippen LogP contribution in [0.15, 0.2) is 52.1 Å². The third-order valence-electron chi connectivity index (χ3n) is 5.24. The number of benzene rings is 1. The lowest BCUT2D eigenvalue weighted by Gasteiger charge is -2.39. The zero-order valence-electron chi connectivity index (χ0n) is 16.6. The lowest BCUT2D eigenvalue weighted by Crippen LogP contribution is -2.57. The number of nitrogens with one attached hydrogen (secondary N) is 1. The highest BCUT2D eigenvalue weighted by atomic mass is 19.1. The number of piperazine rings is 1. The number of carbonyl (C=O) groups is 2. The third-order valence-corrected chi connectivity index (χ3v) is 5.24. The molecule has 30 heavy (non-hydrogen) atoms. The summed E-state index contributed by atoms with van der Waals surface area (Å²) in [7, 11) is 0. The Hall–Kier alpha value is -3.36. The van der Waals surface area contributed by atoms with Crippen molar-refractivity contribution in [3.8, 4) is 0 Å². The molecule has 2 aliphatic rings. The second kappa shape index (κ2) is 8.56. The molecule has 1 aromatic heterocycles. The van der Waals surface area contributed by atoms with Crippen LogP contribution in [0.25, 0.3) is 0 Å². The standard InChI is InChI=1S/C21H23FN4O4/c1-2-29-20(28)17-18(16-8-5-13-30-16)23-21(24-19(17)27)26-11-9-25(10-12-26)15-7-4-3-6-14(15)22/h3-8,13,17-18H,2,9-12H2,1H3,(H,23,24,27)/t17-,18+/m1/s1. The fourth-order valence-corrected chi connectivity index (χ4v) is 3.75. The number of hydrogen-bond acceptors (Lipinski definition) is 7. The summed E-state index contributed by atoms with van der Waals surface area (Å²) in [6.45, 7) is 4.09. The first-order chi connectivity index (χ1) is 14.6. The van der Waals surface area contributed by atoms with E-state index in [1.807, 2.05) is 9.80 Å². The van der Waals surface area contributed by atoms with Crippen molar-refractivity contribution in [3.63, 3.8) is 0 Å². The number of halogens is 1. The average Bonchev–Trinajstić information content (AvgIpc) is 3.29. The second-order valence-electron chi connectivity index (χ2n) is 7.06. The molecule has 3 heterocycles. The van der Waals surface area contributed by atoms with E-state index < -0.39 is 23.8 Å². The first kappa shape index (κ1) is 19.9. The number of hydrogen-bond donors (Lipinski definition) is 1. The average molecular weight is 414 g/mol. The topological polar surface area (TPSA) is 87.4 Å². The maximum Gasteiger partial charge on any atom is 0.321 e. The lowest BCUT2D eigenvalue weighted by atomic mass is 9.95. The van der Waals surface area contributed by atoms with Crippen LogP contribution in [0.2, 0.25) is 0 Å². The number of esters is 1. The van der Waals surface area contributed by atoms with Crippen LogP contribution in [-0.4, -0.2) is 55.5 Å². The van der Waals surface area contributed by atoms with E-state index in [9.17, 15) is 14.0 Å².